The Morgan fingerprint density at radius 1 is 1.58 bits per heavy atom. The predicted molar refractivity (Wildman–Crippen MR) is 47.9 cm³/mol. The van der Waals surface area contributed by atoms with Gasteiger partial charge in [0.05, 0.1) is 11.7 Å². The van der Waals surface area contributed by atoms with Crippen molar-refractivity contribution in [2.45, 2.75) is 51.5 Å². The quantitative estimate of drug-likeness (QED) is 0.665. The third kappa shape index (κ3) is 2.44. The van der Waals surface area contributed by atoms with Gasteiger partial charge in [0.15, 0.2) is 0 Å². The Bertz CT molecular complexity index is 147. The molecule has 2 N–H and O–H groups in total. The van der Waals surface area contributed by atoms with Gasteiger partial charge in [0.2, 0.25) is 0 Å². The second-order valence-corrected chi connectivity index (χ2v) is 3.96. The number of ether oxygens (including phenoxy) is 1. The molecule has 0 aromatic rings. The van der Waals surface area contributed by atoms with E-state index in [2.05, 4.69) is 12.2 Å². The van der Waals surface area contributed by atoms with E-state index in [1.54, 1.807) is 0 Å². The second kappa shape index (κ2) is 3.73. The van der Waals surface area contributed by atoms with Crippen LogP contribution in [0.5, 0.6) is 0 Å². The minimum absolute atomic E-state index is 0.136. The van der Waals surface area contributed by atoms with E-state index in [4.69, 9.17) is 4.74 Å². The molecule has 1 saturated heterocycles. The summed E-state index contributed by atoms with van der Waals surface area (Å²) < 4.78 is 5.70. The van der Waals surface area contributed by atoms with Crippen LogP contribution in [0.2, 0.25) is 0 Å². The van der Waals surface area contributed by atoms with E-state index in [1.165, 1.54) is 0 Å². The summed E-state index contributed by atoms with van der Waals surface area (Å²) in [5.41, 5.74) is -0.136. The van der Waals surface area contributed by atoms with Crippen molar-refractivity contribution in [3.05, 3.63) is 0 Å². The Labute approximate surface area is 74.1 Å². The molecule has 0 radical (unpaired) electrons. The summed E-state index contributed by atoms with van der Waals surface area (Å²) in [5, 5.41) is 12.6. The molecule has 3 nitrogen and oxygen atoms in total. The molecule has 1 aliphatic heterocycles. The number of nitrogens with one attached hydrogen (secondary N) is 1. The maximum atomic E-state index is 9.46. The lowest BCUT2D eigenvalue weighted by Crippen LogP contribution is -2.40. The zero-order valence-corrected chi connectivity index (χ0v) is 8.13. The van der Waals surface area contributed by atoms with Crippen molar-refractivity contribution >= 4 is 0 Å². The zero-order valence-electron chi connectivity index (χ0n) is 8.13. The van der Waals surface area contributed by atoms with Crippen LogP contribution in [0.3, 0.4) is 0 Å². The maximum Gasteiger partial charge on any atom is 0.135 e. The third-order valence-electron chi connectivity index (χ3n) is 2.43. The molecule has 12 heavy (non-hydrogen) atoms. The van der Waals surface area contributed by atoms with Gasteiger partial charge in [0, 0.05) is 6.54 Å². The number of aliphatic hydroxyl groups excluding tert-OH is 1. The fraction of sp³-hybridized carbons (Fsp3) is 1.00. The molecule has 0 aromatic carbocycles. The van der Waals surface area contributed by atoms with Crippen LogP contribution in [0.4, 0.5) is 0 Å². The van der Waals surface area contributed by atoms with E-state index in [0.29, 0.717) is 0 Å². The van der Waals surface area contributed by atoms with Crippen LogP contribution in [0.25, 0.3) is 0 Å². The first-order valence-corrected chi connectivity index (χ1v) is 4.64. The van der Waals surface area contributed by atoms with Crippen LogP contribution in [-0.2, 0) is 4.74 Å². The standard InChI is InChI=1S/C9H19NO2/c1-4-9(2,3)12-8-7(11)5-6-10-8/h7-8,10-11H,4-6H2,1-3H3/t7-,8+/m0/s1. The fourth-order valence-corrected chi connectivity index (χ4v) is 1.21. The van der Waals surface area contributed by atoms with Crippen molar-refractivity contribution in [3.63, 3.8) is 0 Å². The van der Waals surface area contributed by atoms with E-state index < -0.39 is 0 Å². The minimum Gasteiger partial charge on any atom is -0.389 e. The first kappa shape index (κ1) is 9.96. The summed E-state index contributed by atoms with van der Waals surface area (Å²) in [5.74, 6) is 0. The molecule has 0 aromatic heterocycles. The molecule has 2 atom stereocenters. The number of hydrogen-bond acceptors (Lipinski definition) is 3. The number of hydrogen-bond donors (Lipinski definition) is 2. The molecular weight excluding hydrogens is 154 g/mol. The summed E-state index contributed by atoms with van der Waals surface area (Å²) >= 11 is 0. The Balaban J connectivity index is 2.39. The molecule has 1 heterocycles. The highest BCUT2D eigenvalue weighted by Gasteiger charge is 2.30. The van der Waals surface area contributed by atoms with E-state index >= 15 is 0 Å². The van der Waals surface area contributed by atoms with Gasteiger partial charge >= 0.3 is 0 Å². The van der Waals surface area contributed by atoms with Gasteiger partial charge in [-0.1, -0.05) is 6.92 Å². The summed E-state index contributed by atoms with van der Waals surface area (Å²) in [6, 6.07) is 0. The Kier molecular flexibility index (Phi) is 3.09. The van der Waals surface area contributed by atoms with E-state index in [1.807, 2.05) is 13.8 Å². The molecular formula is C9H19NO2. The topological polar surface area (TPSA) is 41.5 Å². The fourth-order valence-electron chi connectivity index (χ4n) is 1.21. The molecule has 1 aliphatic rings. The van der Waals surface area contributed by atoms with Gasteiger partial charge in [-0.3, -0.25) is 5.32 Å². The molecule has 0 unspecified atom stereocenters. The molecule has 0 aliphatic carbocycles. The van der Waals surface area contributed by atoms with Crippen LogP contribution >= 0.6 is 0 Å². The maximum absolute atomic E-state index is 9.46. The van der Waals surface area contributed by atoms with Crippen LogP contribution in [0.1, 0.15) is 33.6 Å². The van der Waals surface area contributed by atoms with E-state index in [0.717, 1.165) is 19.4 Å². The van der Waals surface area contributed by atoms with Gasteiger partial charge in [-0.05, 0) is 26.7 Å². The minimum atomic E-state index is -0.337. The summed E-state index contributed by atoms with van der Waals surface area (Å²) in [6.45, 7) is 7.02. The molecule has 0 saturated carbocycles. The van der Waals surface area contributed by atoms with Crippen LogP contribution in [-0.4, -0.2) is 29.6 Å². The first-order chi connectivity index (χ1) is 5.55. The second-order valence-electron chi connectivity index (χ2n) is 3.96. The molecule has 72 valence electrons. The largest absolute Gasteiger partial charge is 0.389 e. The van der Waals surface area contributed by atoms with Gasteiger partial charge < -0.3 is 9.84 Å². The van der Waals surface area contributed by atoms with E-state index in [9.17, 15) is 5.11 Å². The smallest absolute Gasteiger partial charge is 0.135 e. The first-order valence-electron chi connectivity index (χ1n) is 4.64. The van der Waals surface area contributed by atoms with Crippen molar-refractivity contribution in [1.82, 2.24) is 5.32 Å². The Morgan fingerprint density at radius 2 is 2.25 bits per heavy atom. The number of rotatable bonds is 3. The molecule has 1 fully saturated rings. The molecule has 0 bridgehead atoms. The van der Waals surface area contributed by atoms with Crippen LogP contribution < -0.4 is 5.32 Å². The lowest BCUT2D eigenvalue weighted by Gasteiger charge is -2.29. The average molecular weight is 173 g/mol. The monoisotopic (exact) mass is 173 g/mol. The Morgan fingerprint density at radius 3 is 2.67 bits per heavy atom. The van der Waals surface area contributed by atoms with Gasteiger partial charge in [-0.2, -0.15) is 0 Å². The Hall–Kier alpha value is -0.120. The van der Waals surface area contributed by atoms with Crippen molar-refractivity contribution in [1.29, 1.82) is 0 Å². The van der Waals surface area contributed by atoms with Gasteiger partial charge in [-0.15, -0.1) is 0 Å². The van der Waals surface area contributed by atoms with Gasteiger partial charge in [0.1, 0.15) is 6.23 Å². The van der Waals surface area contributed by atoms with Crippen LogP contribution in [0, 0.1) is 0 Å². The molecule has 0 amide bonds. The summed E-state index contributed by atoms with van der Waals surface area (Å²) in [6.07, 6.45) is 1.25. The highest BCUT2D eigenvalue weighted by Crippen LogP contribution is 2.19. The highest BCUT2D eigenvalue weighted by molar-refractivity contribution is 4.79. The summed E-state index contributed by atoms with van der Waals surface area (Å²) in [4.78, 5) is 0. The van der Waals surface area contributed by atoms with Crippen molar-refractivity contribution in [2.75, 3.05) is 6.54 Å². The van der Waals surface area contributed by atoms with Crippen molar-refractivity contribution in [3.8, 4) is 0 Å². The predicted octanol–water partition coefficient (Wildman–Crippen LogP) is 0.872. The van der Waals surface area contributed by atoms with Crippen molar-refractivity contribution in [2.24, 2.45) is 0 Å². The normalized spacial score (nSPS) is 31.0. The summed E-state index contributed by atoms with van der Waals surface area (Å²) in [7, 11) is 0. The third-order valence-corrected chi connectivity index (χ3v) is 2.43. The zero-order chi connectivity index (χ0) is 9.19. The average Bonchev–Trinajstić information content (AvgIpc) is 2.36. The van der Waals surface area contributed by atoms with Crippen molar-refractivity contribution < 1.29 is 9.84 Å². The lowest BCUT2D eigenvalue weighted by molar-refractivity contribution is -0.117. The molecule has 3 heteroatoms. The highest BCUT2D eigenvalue weighted by atomic mass is 16.5. The number of aliphatic hydroxyl groups is 1. The van der Waals surface area contributed by atoms with E-state index in [-0.39, 0.29) is 17.9 Å². The van der Waals surface area contributed by atoms with Gasteiger partial charge in [-0.25, -0.2) is 0 Å². The lowest BCUT2D eigenvalue weighted by atomic mass is 10.1. The van der Waals surface area contributed by atoms with Crippen LogP contribution in [0.15, 0.2) is 0 Å². The van der Waals surface area contributed by atoms with Gasteiger partial charge in [0.25, 0.3) is 0 Å². The SMILES string of the molecule is CCC(C)(C)O[C@H]1NCC[C@@H]1O. The molecule has 1 rings (SSSR count). The molecule has 0 spiro atoms.